The molecule has 31 heavy (non-hydrogen) atoms. The molecule has 7 heteroatoms. The number of carbonyl (C=O) groups is 1. The molecule has 1 aliphatic carbocycles. The molecule has 3 heterocycles. The molecule has 2 bridgehead atoms. The predicted molar refractivity (Wildman–Crippen MR) is 117 cm³/mol. The number of benzene rings is 1. The number of methoxy groups -OCH3 is 1. The summed E-state index contributed by atoms with van der Waals surface area (Å²) in [7, 11) is 1.68. The maximum atomic E-state index is 13.0. The molecule has 0 spiro atoms. The van der Waals surface area contributed by atoms with Gasteiger partial charge in [0, 0.05) is 36.9 Å². The first-order chi connectivity index (χ1) is 15.1. The molecule has 2 unspecified atom stereocenters. The zero-order valence-corrected chi connectivity index (χ0v) is 17.8. The molecule has 1 aromatic carbocycles. The first-order valence-corrected chi connectivity index (χ1v) is 10.9. The van der Waals surface area contributed by atoms with Crippen molar-refractivity contribution in [2.75, 3.05) is 31.6 Å². The first kappa shape index (κ1) is 19.8. The molecule has 1 saturated carbocycles. The lowest BCUT2D eigenvalue weighted by molar-refractivity contribution is -0.131. The Morgan fingerprint density at radius 3 is 2.65 bits per heavy atom. The third-order valence-corrected chi connectivity index (χ3v) is 6.93. The van der Waals surface area contributed by atoms with Crippen LogP contribution in [0.4, 0.5) is 5.82 Å². The molecule has 7 nitrogen and oxygen atoms in total. The SMILES string of the molecule is COc1cccc(C2(NCC(=O)N3CC4CCC(C3)N4c3ccc(C#N)cn3)CC2)c1. The predicted octanol–water partition coefficient (Wildman–Crippen LogP) is 2.42. The average molecular weight is 418 g/mol. The number of aromatic nitrogens is 1. The number of anilines is 1. The summed E-state index contributed by atoms with van der Waals surface area (Å²) in [4.78, 5) is 21.9. The number of nitriles is 1. The van der Waals surface area contributed by atoms with E-state index in [2.05, 4.69) is 33.4 Å². The number of fused-ring (bicyclic) bond motifs is 2. The number of nitrogens with one attached hydrogen (secondary N) is 1. The molecule has 1 aromatic heterocycles. The van der Waals surface area contributed by atoms with Crippen LogP contribution in [0.25, 0.3) is 0 Å². The van der Waals surface area contributed by atoms with Crippen LogP contribution < -0.4 is 15.0 Å². The lowest BCUT2D eigenvalue weighted by Gasteiger charge is -2.42. The van der Waals surface area contributed by atoms with E-state index in [1.807, 2.05) is 29.2 Å². The minimum atomic E-state index is -0.0998. The summed E-state index contributed by atoms with van der Waals surface area (Å²) in [6.45, 7) is 1.81. The Bertz CT molecular complexity index is 997. The normalized spacial score (nSPS) is 23.4. The molecular formula is C24H27N5O2. The highest BCUT2D eigenvalue weighted by molar-refractivity contribution is 5.79. The number of amides is 1. The van der Waals surface area contributed by atoms with E-state index in [1.165, 1.54) is 5.56 Å². The van der Waals surface area contributed by atoms with Crippen LogP contribution in [0.3, 0.4) is 0 Å². The third kappa shape index (κ3) is 3.72. The van der Waals surface area contributed by atoms with E-state index < -0.39 is 0 Å². The topological polar surface area (TPSA) is 81.5 Å². The fraction of sp³-hybridized carbons (Fsp3) is 0.458. The van der Waals surface area contributed by atoms with Crippen molar-refractivity contribution in [1.29, 1.82) is 5.26 Å². The Hall–Kier alpha value is -3.11. The Morgan fingerprint density at radius 1 is 1.26 bits per heavy atom. The number of likely N-dealkylation sites (tertiary alicyclic amines) is 1. The van der Waals surface area contributed by atoms with Gasteiger partial charge in [0.2, 0.25) is 5.91 Å². The fourth-order valence-corrected chi connectivity index (χ4v) is 5.06. The summed E-state index contributed by atoms with van der Waals surface area (Å²) in [6.07, 6.45) is 5.84. The average Bonchev–Trinajstić information content (AvgIpc) is 3.57. The van der Waals surface area contributed by atoms with Crippen molar-refractivity contribution in [3.8, 4) is 11.8 Å². The van der Waals surface area contributed by atoms with Gasteiger partial charge in [-0.25, -0.2) is 4.98 Å². The van der Waals surface area contributed by atoms with Crippen molar-refractivity contribution < 1.29 is 9.53 Å². The second-order valence-electron chi connectivity index (χ2n) is 8.78. The van der Waals surface area contributed by atoms with Crippen molar-refractivity contribution in [3.05, 3.63) is 53.7 Å². The summed E-state index contributed by atoms with van der Waals surface area (Å²) in [6, 6.07) is 14.6. The second-order valence-corrected chi connectivity index (χ2v) is 8.78. The molecule has 160 valence electrons. The highest BCUT2D eigenvalue weighted by Crippen LogP contribution is 2.46. The van der Waals surface area contributed by atoms with Crippen LogP contribution in [0.1, 0.15) is 36.8 Å². The van der Waals surface area contributed by atoms with Crippen LogP contribution in [-0.4, -0.2) is 54.6 Å². The van der Waals surface area contributed by atoms with E-state index in [0.29, 0.717) is 12.1 Å². The van der Waals surface area contributed by atoms with Crippen molar-refractivity contribution in [3.63, 3.8) is 0 Å². The Labute approximate surface area is 182 Å². The molecule has 2 atom stereocenters. The van der Waals surface area contributed by atoms with Gasteiger partial charge in [0.05, 0.1) is 19.2 Å². The molecular weight excluding hydrogens is 390 g/mol. The molecule has 3 aliphatic rings. The number of hydrogen-bond acceptors (Lipinski definition) is 6. The molecule has 2 saturated heterocycles. The summed E-state index contributed by atoms with van der Waals surface area (Å²) < 4.78 is 5.36. The molecule has 0 radical (unpaired) electrons. The van der Waals surface area contributed by atoms with Crippen LogP contribution in [0.5, 0.6) is 5.75 Å². The van der Waals surface area contributed by atoms with Gasteiger partial charge in [0.25, 0.3) is 0 Å². The molecule has 1 N–H and O–H groups in total. The van der Waals surface area contributed by atoms with E-state index >= 15 is 0 Å². The molecule has 2 aromatic rings. The van der Waals surface area contributed by atoms with Gasteiger partial charge in [-0.1, -0.05) is 12.1 Å². The molecule has 3 fully saturated rings. The minimum absolute atomic E-state index is 0.0998. The zero-order chi connectivity index (χ0) is 21.4. The molecule has 5 rings (SSSR count). The quantitative estimate of drug-likeness (QED) is 0.777. The van der Waals surface area contributed by atoms with Crippen LogP contribution >= 0.6 is 0 Å². The van der Waals surface area contributed by atoms with Gasteiger partial charge in [-0.2, -0.15) is 5.26 Å². The number of pyridine rings is 1. The van der Waals surface area contributed by atoms with Gasteiger partial charge in [0.15, 0.2) is 0 Å². The van der Waals surface area contributed by atoms with E-state index in [-0.39, 0.29) is 23.5 Å². The Kier molecular flexibility index (Phi) is 5.03. The van der Waals surface area contributed by atoms with Gasteiger partial charge in [0.1, 0.15) is 17.6 Å². The van der Waals surface area contributed by atoms with E-state index in [9.17, 15) is 4.79 Å². The van der Waals surface area contributed by atoms with E-state index in [1.54, 1.807) is 13.3 Å². The molecule has 1 amide bonds. The number of ether oxygens (including phenoxy) is 1. The van der Waals surface area contributed by atoms with Gasteiger partial charge in [-0.3, -0.25) is 10.1 Å². The van der Waals surface area contributed by atoms with Gasteiger partial charge < -0.3 is 14.5 Å². The first-order valence-electron chi connectivity index (χ1n) is 10.9. The summed E-state index contributed by atoms with van der Waals surface area (Å²) in [5.74, 6) is 1.92. The lowest BCUT2D eigenvalue weighted by atomic mass is 10.0. The van der Waals surface area contributed by atoms with Crippen molar-refractivity contribution >= 4 is 11.7 Å². The van der Waals surface area contributed by atoms with Gasteiger partial charge >= 0.3 is 0 Å². The zero-order valence-electron chi connectivity index (χ0n) is 17.8. The summed E-state index contributed by atoms with van der Waals surface area (Å²) >= 11 is 0. The van der Waals surface area contributed by atoms with Gasteiger partial charge in [-0.15, -0.1) is 0 Å². The lowest BCUT2D eigenvalue weighted by Crippen LogP contribution is -2.57. The molecule has 2 aliphatic heterocycles. The summed E-state index contributed by atoms with van der Waals surface area (Å²) in [5, 5.41) is 12.5. The Morgan fingerprint density at radius 2 is 2.03 bits per heavy atom. The van der Waals surface area contributed by atoms with Crippen LogP contribution in [-0.2, 0) is 10.3 Å². The van der Waals surface area contributed by atoms with Gasteiger partial charge in [-0.05, 0) is 55.5 Å². The van der Waals surface area contributed by atoms with E-state index in [0.717, 1.165) is 50.3 Å². The van der Waals surface area contributed by atoms with Crippen molar-refractivity contribution in [2.24, 2.45) is 0 Å². The highest BCUT2D eigenvalue weighted by Gasteiger charge is 2.46. The van der Waals surface area contributed by atoms with Crippen molar-refractivity contribution in [1.82, 2.24) is 15.2 Å². The third-order valence-electron chi connectivity index (χ3n) is 6.93. The number of piperazine rings is 1. The van der Waals surface area contributed by atoms with Crippen LogP contribution in [0.2, 0.25) is 0 Å². The largest absolute Gasteiger partial charge is 0.497 e. The van der Waals surface area contributed by atoms with Crippen molar-refractivity contribution in [2.45, 2.75) is 43.3 Å². The number of nitrogens with zero attached hydrogens (tertiary/aromatic N) is 4. The fourth-order valence-electron chi connectivity index (χ4n) is 5.06. The summed E-state index contributed by atoms with van der Waals surface area (Å²) in [5.41, 5.74) is 1.66. The Balaban J connectivity index is 1.21. The maximum absolute atomic E-state index is 13.0. The maximum Gasteiger partial charge on any atom is 0.236 e. The minimum Gasteiger partial charge on any atom is -0.497 e. The highest BCUT2D eigenvalue weighted by atomic mass is 16.5. The monoisotopic (exact) mass is 417 g/mol. The van der Waals surface area contributed by atoms with Crippen LogP contribution in [0.15, 0.2) is 42.6 Å². The van der Waals surface area contributed by atoms with E-state index in [4.69, 9.17) is 10.00 Å². The van der Waals surface area contributed by atoms with Crippen LogP contribution in [0, 0.1) is 11.3 Å². The smallest absolute Gasteiger partial charge is 0.236 e. The standard InChI is InChI=1S/C24H27N5O2/c1-31-21-4-2-3-18(11-21)24(9-10-24)27-14-23(30)28-15-19-6-7-20(16-28)29(19)22-8-5-17(12-25)13-26-22/h2-5,8,11,13,19-20,27H,6-7,9-10,14-16H2,1H3. The number of carbonyl (C=O) groups excluding carboxylic acids is 1. The second kappa shape index (κ2) is 7.86. The number of rotatable bonds is 6. The number of hydrogen-bond donors (Lipinski definition) is 1.